The van der Waals surface area contributed by atoms with E-state index >= 15 is 0 Å². The number of carbonyl (C=O) groups is 1. The number of nitrogens with two attached hydrogens (primary N) is 1. The van der Waals surface area contributed by atoms with Gasteiger partial charge >= 0.3 is 0 Å². The first-order valence-electron chi connectivity index (χ1n) is 6.65. The van der Waals surface area contributed by atoms with Crippen molar-refractivity contribution >= 4 is 5.91 Å². The van der Waals surface area contributed by atoms with Crippen LogP contribution in [0.1, 0.15) is 18.0 Å². The topological polar surface area (TPSA) is 122 Å². The molecule has 8 heteroatoms. The molecule has 0 bridgehead atoms. The number of hydrogen-bond donors (Lipinski definition) is 2. The van der Waals surface area contributed by atoms with E-state index in [-0.39, 0.29) is 0 Å². The van der Waals surface area contributed by atoms with Gasteiger partial charge in [-0.05, 0) is 36.2 Å². The fourth-order valence-corrected chi connectivity index (χ4v) is 2.06. The molecule has 1 amide bonds. The zero-order valence-electron chi connectivity index (χ0n) is 11.5. The summed E-state index contributed by atoms with van der Waals surface area (Å²) in [7, 11) is 0. The SMILES string of the molecule is [N-]=[N+]=NCCCNC(C(N)=O)c1ccc2c(c1)OCCO2. The Morgan fingerprint density at radius 1 is 1.43 bits per heavy atom. The summed E-state index contributed by atoms with van der Waals surface area (Å²) in [6.07, 6.45) is 0.623. The third-order valence-electron chi connectivity index (χ3n) is 3.03. The number of carbonyl (C=O) groups excluding carboxylic acids is 1. The van der Waals surface area contributed by atoms with Gasteiger partial charge in [0.2, 0.25) is 5.91 Å². The van der Waals surface area contributed by atoms with E-state index in [9.17, 15) is 4.79 Å². The molecule has 0 aliphatic carbocycles. The van der Waals surface area contributed by atoms with Gasteiger partial charge in [0.15, 0.2) is 11.5 Å². The van der Waals surface area contributed by atoms with Crippen molar-refractivity contribution in [1.82, 2.24) is 5.32 Å². The highest BCUT2D eigenvalue weighted by atomic mass is 16.6. The lowest BCUT2D eigenvalue weighted by Crippen LogP contribution is -2.34. The van der Waals surface area contributed by atoms with Gasteiger partial charge in [0.25, 0.3) is 0 Å². The molecule has 1 heterocycles. The maximum absolute atomic E-state index is 11.6. The molecular formula is C13H17N5O3. The molecule has 3 N–H and O–H groups in total. The number of primary amides is 1. The molecule has 0 radical (unpaired) electrons. The molecule has 8 nitrogen and oxygen atoms in total. The van der Waals surface area contributed by atoms with Crippen LogP contribution in [0.5, 0.6) is 11.5 Å². The molecule has 1 aromatic carbocycles. The molecule has 0 spiro atoms. The monoisotopic (exact) mass is 291 g/mol. The van der Waals surface area contributed by atoms with Crippen molar-refractivity contribution < 1.29 is 14.3 Å². The van der Waals surface area contributed by atoms with Crippen LogP contribution < -0.4 is 20.5 Å². The molecule has 1 aliphatic rings. The summed E-state index contributed by atoms with van der Waals surface area (Å²) in [6.45, 7) is 1.89. The molecule has 1 aromatic rings. The van der Waals surface area contributed by atoms with E-state index in [2.05, 4.69) is 15.3 Å². The highest BCUT2D eigenvalue weighted by Crippen LogP contribution is 2.32. The number of azide groups is 1. The van der Waals surface area contributed by atoms with Crippen LogP contribution in [0.2, 0.25) is 0 Å². The molecular weight excluding hydrogens is 274 g/mol. The molecule has 112 valence electrons. The van der Waals surface area contributed by atoms with Crippen molar-refractivity contribution in [1.29, 1.82) is 0 Å². The second-order valence-electron chi connectivity index (χ2n) is 4.50. The molecule has 1 aliphatic heterocycles. The third kappa shape index (κ3) is 4.01. The van der Waals surface area contributed by atoms with Gasteiger partial charge in [-0.2, -0.15) is 0 Å². The quantitative estimate of drug-likeness (QED) is 0.340. The molecule has 21 heavy (non-hydrogen) atoms. The van der Waals surface area contributed by atoms with Crippen molar-refractivity contribution in [2.75, 3.05) is 26.3 Å². The number of ether oxygens (including phenoxy) is 2. The van der Waals surface area contributed by atoms with Gasteiger partial charge in [-0.1, -0.05) is 11.2 Å². The molecule has 0 saturated heterocycles. The summed E-state index contributed by atoms with van der Waals surface area (Å²) >= 11 is 0. The zero-order valence-corrected chi connectivity index (χ0v) is 11.5. The van der Waals surface area contributed by atoms with E-state index in [0.717, 1.165) is 5.56 Å². The Morgan fingerprint density at radius 2 is 2.19 bits per heavy atom. The second kappa shape index (κ2) is 7.37. The Balaban J connectivity index is 2.03. The van der Waals surface area contributed by atoms with Gasteiger partial charge in [-0.3, -0.25) is 4.79 Å². The Kier molecular flexibility index (Phi) is 5.25. The van der Waals surface area contributed by atoms with Gasteiger partial charge in [0.1, 0.15) is 19.3 Å². The highest BCUT2D eigenvalue weighted by molar-refractivity contribution is 5.81. The first-order chi connectivity index (χ1) is 10.2. The Bertz CT molecular complexity index is 557. The lowest BCUT2D eigenvalue weighted by atomic mass is 10.1. The van der Waals surface area contributed by atoms with Gasteiger partial charge < -0.3 is 20.5 Å². The summed E-state index contributed by atoms with van der Waals surface area (Å²) in [5, 5.41) is 6.48. The highest BCUT2D eigenvalue weighted by Gasteiger charge is 2.20. The predicted molar refractivity (Wildman–Crippen MR) is 76.0 cm³/mol. The van der Waals surface area contributed by atoms with Crippen LogP contribution in [0.4, 0.5) is 0 Å². The summed E-state index contributed by atoms with van der Waals surface area (Å²) < 4.78 is 10.9. The lowest BCUT2D eigenvalue weighted by molar-refractivity contribution is -0.120. The van der Waals surface area contributed by atoms with Crippen LogP contribution in [-0.2, 0) is 4.79 Å². The van der Waals surface area contributed by atoms with E-state index in [1.54, 1.807) is 18.2 Å². The number of nitrogens with one attached hydrogen (secondary N) is 1. The normalized spacial score (nSPS) is 14.1. The molecule has 0 aromatic heterocycles. The minimum atomic E-state index is -0.619. The Labute approximate surface area is 121 Å². The predicted octanol–water partition coefficient (Wildman–Crippen LogP) is 1.27. The minimum absolute atomic E-state index is 0.371. The van der Waals surface area contributed by atoms with E-state index < -0.39 is 11.9 Å². The van der Waals surface area contributed by atoms with Gasteiger partial charge in [0, 0.05) is 11.5 Å². The largest absolute Gasteiger partial charge is 0.486 e. The maximum atomic E-state index is 11.6. The lowest BCUT2D eigenvalue weighted by Gasteiger charge is -2.21. The number of benzene rings is 1. The van der Waals surface area contributed by atoms with Crippen LogP contribution in [0.25, 0.3) is 10.4 Å². The molecule has 1 atom stereocenters. The Morgan fingerprint density at radius 3 is 2.90 bits per heavy atom. The van der Waals surface area contributed by atoms with E-state index in [1.165, 1.54) is 0 Å². The summed E-state index contributed by atoms with van der Waals surface area (Å²) in [5.74, 6) is 0.799. The van der Waals surface area contributed by atoms with E-state index in [1.807, 2.05) is 0 Å². The molecule has 2 rings (SSSR count). The molecule has 1 unspecified atom stereocenters. The number of amides is 1. The first kappa shape index (κ1) is 15.0. The van der Waals surface area contributed by atoms with Crippen molar-refractivity contribution in [2.24, 2.45) is 10.8 Å². The maximum Gasteiger partial charge on any atom is 0.239 e. The second-order valence-corrected chi connectivity index (χ2v) is 4.50. The number of nitrogens with zero attached hydrogens (tertiary/aromatic N) is 3. The van der Waals surface area contributed by atoms with Crippen LogP contribution in [0.15, 0.2) is 23.3 Å². The minimum Gasteiger partial charge on any atom is -0.486 e. The third-order valence-corrected chi connectivity index (χ3v) is 3.03. The smallest absolute Gasteiger partial charge is 0.239 e. The standard InChI is InChI=1S/C13H17N5O3/c14-13(19)12(16-4-1-5-17-18-15)9-2-3-10-11(8-9)21-7-6-20-10/h2-3,8,12,16H,1,4-7H2,(H2,14,19). The van der Waals surface area contributed by atoms with Crippen LogP contribution in [-0.4, -0.2) is 32.2 Å². The fourth-order valence-electron chi connectivity index (χ4n) is 2.06. The average Bonchev–Trinajstić information content (AvgIpc) is 2.50. The summed E-state index contributed by atoms with van der Waals surface area (Å²) in [6, 6.07) is 4.68. The van der Waals surface area contributed by atoms with E-state index in [0.29, 0.717) is 44.2 Å². The fraction of sp³-hybridized carbons (Fsp3) is 0.462. The van der Waals surface area contributed by atoms with Crippen molar-refractivity contribution in [3.05, 3.63) is 34.2 Å². The molecule has 0 saturated carbocycles. The first-order valence-corrected chi connectivity index (χ1v) is 6.65. The van der Waals surface area contributed by atoms with Crippen molar-refractivity contribution in [2.45, 2.75) is 12.5 Å². The van der Waals surface area contributed by atoms with Crippen LogP contribution >= 0.6 is 0 Å². The summed E-state index contributed by atoms with van der Waals surface area (Å²) in [5.41, 5.74) is 14.3. The van der Waals surface area contributed by atoms with Crippen LogP contribution in [0.3, 0.4) is 0 Å². The number of rotatable bonds is 7. The zero-order chi connectivity index (χ0) is 15.1. The van der Waals surface area contributed by atoms with Gasteiger partial charge in [-0.25, -0.2) is 0 Å². The summed E-state index contributed by atoms with van der Waals surface area (Å²) in [4.78, 5) is 14.3. The van der Waals surface area contributed by atoms with Crippen molar-refractivity contribution in [3.8, 4) is 11.5 Å². The number of hydrogen-bond acceptors (Lipinski definition) is 5. The average molecular weight is 291 g/mol. The number of fused-ring (bicyclic) bond motifs is 1. The Hall–Kier alpha value is -2.44. The van der Waals surface area contributed by atoms with Gasteiger partial charge in [0.05, 0.1) is 0 Å². The van der Waals surface area contributed by atoms with Gasteiger partial charge in [-0.15, -0.1) is 0 Å². The van der Waals surface area contributed by atoms with E-state index in [4.69, 9.17) is 20.7 Å². The van der Waals surface area contributed by atoms with Crippen LogP contribution in [0, 0.1) is 0 Å². The molecule has 0 fully saturated rings. The van der Waals surface area contributed by atoms with Crippen molar-refractivity contribution in [3.63, 3.8) is 0 Å².